The maximum atomic E-state index is 13.5. The van der Waals surface area contributed by atoms with Crippen LogP contribution >= 0.6 is 0 Å². The van der Waals surface area contributed by atoms with Gasteiger partial charge >= 0.3 is 0 Å². The van der Waals surface area contributed by atoms with Crippen LogP contribution < -0.4 is 14.2 Å². The minimum absolute atomic E-state index is 0.0504. The molecule has 0 N–H and O–H groups in total. The van der Waals surface area contributed by atoms with Gasteiger partial charge < -0.3 is 23.5 Å². The second-order valence-electron chi connectivity index (χ2n) is 9.15. The Morgan fingerprint density at radius 2 is 1.88 bits per heavy atom. The molecule has 2 atom stereocenters. The third-order valence-corrected chi connectivity index (χ3v) is 7.30. The summed E-state index contributed by atoms with van der Waals surface area (Å²) in [4.78, 5) is 8.34. The predicted octanol–water partition coefficient (Wildman–Crippen LogP) is 4.58. The summed E-state index contributed by atoms with van der Waals surface area (Å²) in [6.45, 7) is 3.25. The van der Waals surface area contributed by atoms with Crippen LogP contribution in [0, 0.1) is 11.7 Å². The molecule has 0 amide bonds. The average molecular weight is 467 g/mol. The first-order valence-corrected chi connectivity index (χ1v) is 11.7. The smallest absolute Gasteiger partial charge is 0.164 e. The maximum Gasteiger partial charge on any atom is 0.164 e. The molecule has 3 aromatic rings. The number of methoxy groups -OCH3 is 2. The predicted molar refractivity (Wildman–Crippen MR) is 125 cm³/mol. The second kappa shape index (κ2) is 8.51. The summed E-state index contributed by atoms with van der Waals surface area (Å²) < 4.78 is 36.0. The summed E-state index contributed by atoms with van der Waals surface area (Å²) >= 11 is 0. The molecule has 2 aromatic carbocycles. The first-order valence-electron chi connectivity index (χ1n) is 11.7. The first-order chi connectivity index (χ1) is 16.6. The molecular weight excluding hydrogens is 439 g/mol. The van der Waals surface area contributed by atoms with Crippen molar-refractivity contribution in [2.24, 2.45) is 11.1 Å². The normalized spacial score (nSPS) is 22.5. The van der Waals surface area contributed by atoms with Crippen LogP contribution in [0.25, 0.3) is 11.0 Å². The van der Waals surface area contributed by atoms with Crippen molar-refractivity contribution in [2.75, 3.05) is 40.5 Å². The zero-order chi connectivity index (χ0) is 23.2. The number of halogens is 1. The van der Waals surface area contributed by atoms with Gasteiger partial charge in [-0.2, -0.15) is 0 Å². The minimum atomic E-state index is -0.270. The van der Waals surface area contributed by atoms with Gasteiger partial charge in [-0.3, -0.25) is 4.90 Å². The van der Waals surface area contributed by atoms with Crippen molar-refractivity contribution in [1.29, 1.82) is 0 Å². The Bertz CT molecular complexity index is 1250. The molecular formula is C26H27FN2O5. The fourth-order valence-corrected chi connectivity index (χ4v) is 5.42. The monoisotopic (exact) mass is 466 g/mol. The Kier molecular flexibility index (Phi) is 5.32. The fourth-order valence-electron chi connectivity index (χ4n) is 5.42. The first kappa shape index (κ1) is 21.3. The number of piperidine rings is 1. The van der Waals surface area contributed by atoms with E-state index in [1.165, 1.54) is 17.7 Å². The lowest BCUT2D eigenvalue weighted by Crippen LogP contribution is -2.43. The van der Waals surface area contributed by atoms with Crippen molar-refractivity contribution < 1.29 is 27.9 Å². The van der Waals surface area contributed by atoms with Gasteiger partial charge in [-0.1, -0.05) is 5.16 Å². The topological polar surface area (TPSA) is 65.7 Å². The Morgan fingerprint density at radius 3 is 2.68 bits per heavy atom. The molecule has 0 bridgehead atoms. The van der Waals surface area contributed by atoms with Gasteiger partial charge in [0, 0.05) is 35.2 Å². The average Bonchev–Trinajstić information content (AvgIpc) is 3.47. The lowest BCUT2D eigenvalue weighted by atomic mass is 9.87. The van der Waals surface area contributed by atoms with E-state index in [-0.39, 0.29) is 17.8 Å². The van der Waals surface area contributed by atoms with E-state index in [1.807, 2.05) is 18.2 Å². The second-order valence-corrected chi connectivity index (χ2v) is 9.15. The van der Waals surface area contributed by atoms with Gasteiger partial charge in [-0.15, -0.1) is 0 Å². The SMILES string of the molecule is COc1cc2c(cc1OC)C1=NOC(CN3CCC(c4coc5cc(F)ccc45)CC3)C1CO2. The molecule has 0 aliphatic carbocycles. The summed E-state index contributed by atoms with van der Waals surface area (Å²) in [6.07, 6.45) is 3.79. The number of ether oxygens (including phenoxy) is 3. The number of benzene rings is 2. The van der Waals surface area contributed by atoms with Crippen molar-refractivity contribution in [1.82, 2.24) is 4.90 Å². The number of fused-ring (bicyclic) bond motifs is 4. The fraction of sp³-hybridized carbons (Fsp3) is 0.423. The highest BCUT2D eigenvalue weighted by molar-refractivity contribution is 6.06. The van der Waals surface area contributed by atoms with Gasteiger partial charge in [0.05, 0.1) is 26.4 Å². The minimum Gasteiger partial charge on any atom is -0.493 e. The van der Waals surface area contributed by atoms with E-state index in [2.05, 4.69) is 10.1 Å². The van der Waals surface area contributed by atoms with Crippen LogP contribution in [0.5, 0.6) is 17.2 Å². The van der Waals surface area contributed by atoms with Gasteiger partial charge in [0.2, 0.25) is 0 Å². The van der Waals surface area contributed by atoms with Crippen LogP contribution in [0.15, 0.2) is 46.2 Å². The van der Waals surface area contributed by atoms with Gasteiger partial charge in [-0.05, 0) is 50.0 Å². The van der Waals surface area contributed by atoms with Crippen LogP contribution in [0.4, 0.5) is 4.39 Å². The highest BCUT2D eigenvalue weighted by Gasteiger charge is 2.41. The number of rotatable bonds is 5. The van der Waals surface area contributed by atoms with Crippen LogP contribution in [0.3, 0.4) is 0 Å². The summed E-state index contributed by atoms with van der Waals surface area (Å²) in [7, 11) is 3.23. The Balaban J connectivity index is 1.11. The van der Waals surface area contributed by atoms with E-state index in [0.29, 0.717) is 29.6 Å². The van der Waals surface area contributed by atoms with Crippen molar-refractivity contribution in [3.63, 3.8) is 0 Å². The van der Waals surface area contributed by atoms with Gasteiger partial charge in [0.25, 0.3) is 0 Å². The lowest BCUT2D eigenvalue weighted by Gasteiger charge is -2.34. The summed E-state index contributed by atoms with van der Waals surface area (Å²) in [6, 6.07) is 8.55. The number of nitrogens with zero attached hydrogens (tertiary/aromatic N) is 2. The molecule has 1 aromatic heterocycles. The number of likely N-dealkylation sites (tertiary alicyclic amines) is 1. The molecule has 1 saturated heterocycles. The molecule has 178 valence electrons. The van der Waals surface area contributed by atoms with Crippen LogP contribution in [0.2, 0.25) is 0 Å². The van der Waals surface area contributed by atoms with E-state index >= 15 is 0 Å². The van der Waals surface area contributed by atoms with Crippen molar-refractivity contribution in [3.8, 4) is 17.2 Å². The Hall–Kier alpha value is -3.26. The zero-order valence-electron chi connectivity index (χ0n) is 19.3. The van der Waals surface area contributed by atoms with Crippen LogP contribution in [0.1, 0.15) is 29.9 Å². The highest BCUT2D eigenvalue weighted by Crippen LogP contribution is 2.41. The lowest BCUT2D eigenvalue weighted by molar-refractivity contribution is 0.0161. The molecule has 4 heterocycles. The summed E-state index contributed by atoms with van der Waals surface area (Å²) in [5.41, 5.74) is 3.62. The number of oxime groups is 1. The van der Waals surface area contributed by atoms with Crippen molar-refractivity contribution >= 4 is 16.7 Å². The summed E-state index contributed by atoms with van der Waals surface area (Å²) in [5, 5.41) is 5.46. The molecule has 0 spiro atoms. The zero-order valence-corrected chi connectivity index (χ0v) is 19.3. The van der Waals surface area contributed by atoms with E-state index in [0.717, 1.165) is 54.9 Å². The Morgan fingerprint density at radius 1 is 1.09 bits per heavy atom. The molecule has 3 aliphatic rings. The van der Waals surface area contributed by atoms with Gasteiger partial charge in [-0.25, -0.2) is 4.39 Å². The molecule has 8 heteroatoms. The molecule has 34 heavy (non-hydrogen) atoms. The molecule has 0 saturated carbocycles. The number of hydrogen-bond donors (Lipinski definition) is 0. The number of furan rings is 1. The van der Waals surface area contributed by atoms with E-state index in [9.17, 15) is 4.39 Å². The van der Waals surface area contributed by atoms with E-state index < -0.39 is 0 Å². The van der Waals surface area contributed by atoms with Gasteiger partial charge in [0.15, 0.2) is 17.6 Å². The maximum absolute atomic E-state index is 13.5. The number of hydrogen-bond acceptors (Lipinski definition) is 7. The van der Waals surface area contributed by atoms with Crippen LogP contribution in [-0.4, -0.2) is 57.2 Å². The van der Waals surface area contributed by atoms with Crippen molar-refractivity contribution in [2.45, 2.75) is 24.9 Å². The molecule has 0 radical (unpaired) electrons. The van der Waals surface area contributed by atoms with E-state index in [1.54, 1.807) is 20.5 Å². The largest absolute Gasteiger partial charge is 0.493 e. The summed E-state index contributed by atoms with van der Waals surface area (Å²) in [5.74, 6) is 2.24. The quantitative estimate of drug-likeness (QED) is 0.549. The van der Waals surface area contributed by atoms with E-state index in [4.69, 9.17) is 23.5 Å². The Labute approximate surface area is 197 Å². The molecule has 3 aliphatic heterocycles. The van der Waals surface area contributed by atoms with Crippen LogP contribution in [-0.2, 0) is 4.84 Å². The standard InChI is InChI=1S/C26H27FN2O5/c1-30-23-10-18-22(11-24(23)31-2)33-14-20-25(34-28-26(18)20)12-29-7-5-15(6-8-29)19-13-32-21-9-16(27)3-4-17(19)21/h3-4,9-11,13,15,20,25H,5-8,12,14H2,1-2H3. The molecule has 6 rings (SSSR count). The molecule has 1 fully saturated rings. The van der Waals surface area contributed by atoms with Gasteiger partial charge in [0.1, 0.15) is 29.5 Å². The van der Waals surface area contributed by atoms with Crippen molar-refractivity contribution in [3.05, 3.63) is 53.5 Å². The third-order valence-electron chi connectivity index (χ3n) is 7.30. The highest BCUT2D eigenvalue weighted by atomic mass is 19.1. The third kappa shape index (κ3) is 3.57. The molecule has 2 unspecified atom stereocenters. The molecule has 7 nitrogen and oxygen atoms in total.